The maximum Gasteiger partial charge on any atom is 0.416 e. The third-order valence-corrected chi connectivity index (χ3v) is 8.85. The molecule has 0 fully saturated rings. The highest BCUT2D eigenvalue weighted by Crippen LogP contribution is 2.33. The molecular formula is C31H36F3N3O4S. The molecule has 0 aliphatic rings. The number of sulfonamides is 1. The molecule has 0 spiro atoms. The monoisotopic (exact) mass is 603 g/mol. The van der Waals surface area contributed by atoms with E-state index in [0.29, 0.717) is 16.8 Å². The van der Waals surface area contributed by atoms with Crippen molar-refractivity contribution < 1.29 is 31.2 Å². The molecule has 3 aromatic carbocycles. The Morgan fingerprint density at radius 3 is 2.14 bits per heavy atom. The number of halogens is 3. The van der Waals surface area contributed by atoms with Crippen molar-refractivity contribution in [2.45, 2.75) is 70.2 Å². The number of benzene rings is 3. The zero-order chi connectivity index (χ0) is 31.1. The highest BCUT2D eigenvalue weighted by molar-refractivity contribution is 7.92. The summed E-state index contributed by atoms with van der Waals surface area (Å²) in [5.74, 6) is -1.13. The minimum atomic E-state index is -4.74. The van der Waals surface area contributed by atoms with Crippen LogP contribution in [-0.2, 0) is 32.3 Å². The Morgan fingerprint density at radius 2 is 1.55 bits per heavy atom. The number of hydrogen-bond donors (Lipinski definition) is 1. The Hall–Kier alpha value is -3.86. The van der Waals surface area contributed by atoms with Gasteiger partial charge in [0.05, 0.1) is 16.1 Å². The Kier molecular flexibility index (Phi) is 10.8. The summed E-state index contributed by atoms with van der Waals surface area (Å²) < 4.78 is 69.1. The largest absolute Gasteiger partial charge is 0.416 e. The quantitative estimate of drug-likeness (QED) is 0.278. The molecule has 3 aromatic rings. The molecule has 0 saturated carbocycles. The van der Waals surface area contributed by atoms with Crippen LogP contribution in [0.5, 0.6) is 0 Å². The Morgan fingerprint density at radius 1 is 0.905 bits per heavy atom. The molecule has 0 aromatic heterocycles. The lowest BCUT2D eigenvalue weighted by Gasteiger charge is -2.34. The molecule has 0 aliphatic heterocycles. The van der Waals surface area contributed by atoms with Gasteiger partial charge in [0, 0.05) is 12.6 Å². The smallest absolute Gasteiger partial charge is 0.352 e. The van der Waals surface area contributed by atoms with Gasteiger partial charge < -0.3 is 10.2 Å². The third kappa shape index (κ3) is 7.90. The van der Waals surface area contributed by atoms with Crippen LogP contribution in [-0.4, -0.2) is 43.8 Å². The summed E-state index contributed by atoms with van der Waals surface area (Å²) in [5, 5.41) is 2.89. The van der Waals surface area contributed by atoms with Gasteiger partial charge in [-0.1, -0.05) is 62.4 Å². The zero-order valence-electron chi connectivity index (χ0n) is 24.1. The van der Waals surface area contributed by atoms with Crippen LogP contribution in [0.1, 0.15) is 50.3 Å². The topological polar surface area (TPSA) is 86.8 Å². The van der Waals surface area contributed by atoms with Crippen LogP contribution in [0.3, 0.4) is 0 Å². The van der Waals surface area contributed by atoms with Gasteiger partial charge in [0.1, 0.15) is 12.6 Å². The van der Waals surface area contributed by atoms with E-state index in [2.05, 4.69) is 5.32 Å². The minimum Gasteiger partial charge on any atom is -0.352 e. The van der Waals surface area contributed by atoms with Gasteiger partial charge in [0.25, 0.3) is 10.0 Å². The number of nitrogens with zero attached hydrogens (tertiary/aromatic N) is 2. The lowest BCUT2D eigenvalue weighted by atomic mass is 10.1. The van der Waals surface area contributed by atoms with Gasteiger partial charge in [-0.2, -0.15) is 13.2 Å². The van der Waals surface area contributed by atoms with Gasteiger partial charge >= 0.3 is 6.18 Å². The van der Waals surface area contributed by atoms with Crippen molar-refractivity contribution in [3.05, 3.63) is 95.6 Å². The fourth-order valence-corrected chi connectivity index (χ4v) is 5.84. The van der Waals surface area contributed by atoms with Crippen LogP contribution >= 0.6 is 0 Å². The van der Waals surface area contributed by atoms with Crippen molar-refractivity contribution in [2.24, 2.45) is 0 Å². The highest BCUT2D eigenvalue weighted by Gasteiger charge is 2.36. The summed E-state index contributed by atoms with van der Waals surface area (Å²) in [6.45, 7) is 6.51. The lowest BCUT2D eigenvalue weighted by molar-refractivity contribution is -0.140. The third-order valence-electron chi connectivity index (χ3n) is 7.06. The SMILES string of the molecule is CCC(C)NC(=O)C(CC)N(Cc1ccccc1C)C(=O)CN(c1cccc(C(F)(F)F)c1)S(=O)(=O)c1ccccc1. The number of nitrogens with one attached hydrogen (secondary N) is 1. The molecule has 42 heavy (non-hydrogen) atoms. The standard InChI is InChI=1S/C31H36F3N3O4S/c1-5-23(4)35-30(39)28(6-2)36(20-24-14-11-10-13-22(24)3)29(38)21-37(42(40,41)27-17-8-7-9-18-27)26-16-12-15-25(19-26)31(32,33)34/h7-19,23,28H,5-6,20-21H2,1-4H3,(H,35,39). The van der Waals surface area contributed by atoms with Crippen molar-refractivity contribution in [1.82, 2.24) is 10.2 Å². The molecule has 1 N–H and O–H groups in total. The zero-order valence-corrected chi connectivity index (χ0v) is 24.9. The van der Waals surface area contributed by atoms with E-state index in [0.717, 1.165) is 23.3 Å². The van der Waals surface area contributed by atoms with E-state index in [4.69, 9.17) is 0 Å². The lowest BCUT2D eigenvalue weighted by Crippen LogP contribution is -2.53. The number of carbonyl (C=O) groups is 2. The van der Waals surface area contributed by atoms with Crippen molar-refractivity contribution in [1.29, 1.82) is 0 Å². The van der Waals surface area contributed by atoms with Crippen LogP contribution in [0.25, 0.3) is 0 Å². The highest BCUT2D eigenvalue weighted by atomic mass is 32.2. The molecular weight excluding hydrogens is 567 g/mol. The van der Waals surface area contributed by atoms with Crippen LogP contribution < -0.4 is 9.62 Å². The first-order valence-electron chi connectivity index (χ1n) is 13.7. The number of rotatable bonds is 12. The van der Waals surface area contributed by atoms with E-state index in [1.165, 1.54) is 35.2 Å². The Bertz CT molecular complexity index is 1480. The van der Waals surface area contributed by atoms with Crippen LogP contribution in [0.4, 0.5) is 18.9 Å². The molecule has 2 atom stereocenters. The first kappa shape index (κ1) is 32.7. The van der Waals surface area contributed by atoms with Crippen molar-refractivity contribution >= 4 is 27.5 Å². The molecule has 0 bridgehead atoms. The number of carbonyl (C=O) groups excluding carboxylic acids is 2. The maximum atomic E-state index is 14.1. The molecule has 0 heterocycles. The fourth-order valence-electron chi connectivity index (χ4n) is 4.42. The average molecular weight is 604 g/mol. The molecule has 2 unspecified atom stereocenters. The molecule has 2 amide bonds. The van der Waals surface area contributed by atoms with Crippen molar-refractivity contribution in [3.63, 3.8) is 0 Å². The Labute approximate surface area is 245 Å². The van der Waals surface area contributed by atoms with Gasteiger partial charge in [-0.25, -0.2) is 8.42 Å². The molecule has 226 valence electrons. The summed E-state index contributed by atoms with van der Waals surface area (Å²) in [6, 6.07) is 17.2. The number of amides is 2. The second kappa shape index (κ2) is 13.9. The van der Waals surface area contributed by atoms with E-state index in [1.807, 2.05) is 32.9 Å². The molecule has 11 heteroatoms. The molecule has 0 saturated heterocycles. The molecule has 7 nitrogen and oxygen atoms in total. The first-order valence-corrected chi connectivity index (χ1v) is 15.1. The number of anilines is 1. The molecule has 0 radical (unpaired) electrons. The predicted molar refractivity (Wildman–Crippen MR) is 156 cm³/mol. The van der Waals surface area contributed by atoms with Gasteiger partial charge in [0.15, 0.2) is 0 Å². The van der Waals surface area contributed by atoms with Crippen molar-refractivity contribution in [2.75, 3.05) is 10.8 Å². The summed E-state index contributed by atoms with van der Waals surface area (Å²) in [6.07, 6.45) is -3.85. The van der Waals surface area contributed by atoms with Gasteiger partial charge in [-0.15, -0.1) is 0 Å². The van der Waals surface area contributed by atoms with Gasteiger partial charge in [0.2, 0.25) is 11.8 Å². The summed E-state index contributed by atoms with van der Waals surface area (Å²) in [5.41, 5.74) is 0.225. The molecule has 0 aliphatic carbocycles. The summed E-state index contributed by atoms with van der Waals surface area (Å²) in [7, 11) is -4.48. The van der Waals surface area contributed by atoms with E-state index < -0.39 is 46.2 Å². The first-order chi connectivity index (χ1) is 19.8. The normalized spacial score (nSPS) is 13.2. The number of aryl methyl sites for hydroxylation is 1. The van der Waals surface area contributed by atoms with Crippen LogP contribution in [0.2, 0.25) is 0 Å². The van der Waals surface area contributed by atoms with E-state index >= 15 is 0 Å². The van der Waals surface area contributed by atoms with E-state index in [1.54, 1.807) is 25.1 Å². The number of hydrogen-bond acceptors (Lipinski definition) is 4. The second-order valence-corrected chi connectivity index (χ2v) is 11.9. The van der Waals surface area contributed by atoms with E-state index in [9.17, 15) is 31.2 Å². The second-order valence-electron chi connectivity index (χ2n) is 10.1. The maximum absolute atomic E-state index is 14.1. The minimum absolute atomic E-state index is 0.000243. The summed E-state index contributed by atoms with van der Waals surface area (Å²) in [4.78, 5) is 28.5. The van der Waals surface area contributed by atoms with Crippen LogP contribution in [0.15, 0.2) is 83.8 Å². The van der Waals surface area contributed by atoms with E-state index in [-0.39, 0.29) is 29.6 Å². The van der Waals surface area contributed by atoms with Crippen LogP contribution in [0, 0.1) is 6.92 Å². The Balaban J connectivity index is 2.12. The van der Waals surface area contributed by atoms with Gasteiger partial charge in [-0.3, -0.25) is 13.9 Å². The summed E-state index contributed by atoms with van der Waals surface area (Å²) >= 11 is 0. The van der Waals surface area contributed by atoms with Gasteiger partial charge in [-0.05, 0) is 68.1 Å². The number of alkyl halides is 3. The predicted octanol–water partition coefficient (Wildman–Crippen LogP) is 5.93. The average Bonchev–Trinajstić information content (AvgIpc) is 2.96. The van der Waals surface area contributed by atoms with Crippen molar-refractivity contribution in [3.8, 4) is 0 Å². The molecule has 3 rings (SSSR count). The fraction of sp³-hybridized carbons (Fsp3) is 0.355.